The van der Waals surface area contributed by atoms with E-state index in [0.717, 1.165) is 63.2 Å². The molecule has 0 bridgehead atoms. The monoisotopic (exact) mass is 838 g/mol. The van der Waals surface area contributed by atoms with Crippen molar-refractivity contribution in [3.8, 4) is 23.4 Å². The number of carbonyl (C=O) groups excluding carboxylic acids is 2. The zero-order chi connectivity index (χ0) is 41.9. The fourth-order valence-electron chi connectivity index (χ4n) is 9.21. The Labute approximate surface area is 347 Å². The zero-order valence-electron chi connectivity index (χ0n) is 33.4. The number of anilines is 2. The van der Waals surface area contributed by atoms with Gasteiger partial charge in [0.15, 0.2) is 28.6 Å². The number of aryl methyl sites for hydroxylation is 1. The summed E-state index contributed by atoms with van der Waals surface area (Å²) in [5.41, 5.74) is 2.30. The van der Waals surface area contributed by atoms with Gasteiger partial charge in [-0.25, -0.2) is 32.1 Å². The molecule has 4 heterocycles. The Balaban J connectivity index is 0.804. The molecule has 2 aliphatic heterocycles. The van der Waals surface area contributed by atoms with Crippen LogP contribution in [0.4, 0.5) is 25.1 Å². The third-order valence-electron chi connectivity index (χ3n) is 12.5. The molecular formula is C42H44F2N10O5S. The molecule has 4 aliphatic rings. The number of rotatable bonds is 11. The number of benzene rings is 3. The van der Waals surface area contributed by atoms with Crippen molar-refractivity contribution in [1.29, 1.82) is 5.26 Å². The summed E-state index contributed by atoms with van der Waals surface area (Å²) in [5, 5.41) is 17.9. The van der Waals surface area contributed by atoms with E-state index in [-0.39, 0.29) is 64.9 Å². The molecule has 2 N–H and O–H groups in total. The van der Waals surface area contributed by atoms with E-state index < -0.39 is 23.0 Å². The molecule has 1 unspecified atom stereocenters. The molecule has 1 atom stereocenters. The number of halogens is 2. The van der Waals surface area contributed by atoms with Gasteiger partial charge in [0.25, 0.3) is 0 Å². The topological polar surface area (TPSA) is 171 Å². The van der Waals surface area contributed by atoms with Crippen molar-refractivity contribution in [2.75, 3.05) is 42.8 Å². The lowest BCUT2D eigenvalue weighted by Gasteiger charge is -2.61. The van der Waals surface area contributed by atoms with E-state index in [4.69, 9.17) is 9.47 Å². The first-order valence-electron chi connectivity index (χ1n) is 20.2. The summed E-state index contributed by atoms with van der Waals surface area (Å²) in [7, 11) is 3.44. The van der Waals surface area contributed by atoms with Crippen molar-refractivity contribution in [2.24, 2.45) is 12.5 Å². The molecule has 2 aliphatic carbocycles. The highest BCUT2D eigenvalue weighted by molar-refractivity contribution is 7.84. The van der Waals surface area contributed by atoms with Gasteiger partial charge in [-0.05, 0) is 92.5 Å². The maximum atomic E-state index is 15.7. The quantitative estimate of drug-likeness (QED) is 0.151. The van der Waals surface area contributed by atoms with Crippen molar-refractivity contribution < 1.29 is 32.1 Å². The normalized spacial score (nSPS) is 21.1. The number of nitriles is 1. The third-order valence-corrected chi connectivity index (χ3v) is 13.7. The van der Waals surface area contributed by atoms with Crippen molar-refractivity contribution in [3.63, 3.8) is 0 Å². The minimum Gasteiger partial charge on any atom is -0.474 e. The van der Waals surface area contributed by atoms with E-state index in [1.165, 1.54) is 27.7 Å². The number of hydrogen-bond acceptors (Lipinski definition) is 10. The molecule has 2 saturated carbocycles. The highest BCUT2D eigenvalue weighted by atomic mass is 32.2. The summed E-state index contributed by atoms with van der Waals surface area (Å²) in [6.45, 7) is 4.50. The van der Waals surface area contributed by atoms with Crippen LogP contribution in [0.1, 0.15) is 68.9 Å². The molecule has 5 aromatic rings. The predicted octanol–water partition coefficient (Wildman–Crippen LogP) is 6.42. The van der Waals surface area contributed by atoms with Gasteiger partial charge in [-0.3, -0.25) is 29.3 Å². The van der Waals surface area contributed by atoms with Gasteiger partial charge in [0.1, 0.15) is 35.6 Å². The van der Waals surface area contributed by atoms with E-state index in [9.17, 15) is 19.1 Å². The second-order valence-electron chi connectivity index (χ2n) is 16.3. The molecule has 3 aromatic carbocycles. The number of ether oxygens (including phenoxy) is 2. The van der Waals surface area contributed by atoms with Gasteiger partial charge < -0.3 is 9.47 Å². The smallest absolute Gasteiger partial charge is 0.329 e. The second-order valence-corrected chi connectivity index (χ2v) is 17.6. The first-order chi connectivity index (χ1) is 28.9. The average molecular weight is 839 g/mol. The van der Waals surface area contributed by atoms with E-state index >= 15 is 8.78 Å². The molecule has 60 heavy (non-hydrogen) atoms. The highest BCUT2D eigenvalue weighted by Gasteiger charge is 2.55. The number of amides is 3. The number of hydrogen-bond donors (Lipinski definition) is 2. The lowest BCUT2D eigenvalue weighted by atomic mass is 9.61. The molecule has 2 aromatic heterocycles. The van der Waals surface area contributed by atoms with Crippen LogP contribution in [0.25, 0.3) is 21.8 Å². The molecule has 15 nitrogen and oxygen atoms in total. The number of urea groups is 1. The molecule has 4 fully saturated rings. The second kappa shape index (κ2) is 15.7. The van der Waals surface area contributed by atoms with Crippen molar-refractivity contribution >= 4 is 56.4 Å². The van der Waals surface area contributed by atoms with Gasteiger partial charge in [-0.2, -0.15) is 10.4 Å². The van der Waals surface area contributed by atoms with Crippen molar-refractivity contribution in [3.05, 3.63) is 71.6 Å². The number of imide groups is 1. The van der Waals surface area contributed by atoms with Crippen LogP contribution in [-0.2, 0) is 23.0 Å². The maximum absolute atomic E-state index is 15.7. The van der Waals surface area contributed by atoms with Crippen LogP contribution in [0, 0.1) is 28.4 Å². The molecule has 1 spiro atoms. The molecule has 9 rings (SSSR count). The van der Waals surface area contributed by atoms with Gasteiger partial charge in [-0.15, -0.1) is 0 Å². The van der Waals surface area contributed by atoms with Crippen LogP contribution < -0.4 is 24.4 Å². The van der Waals surface area contributed by atoms with Crippen LogP contribution in [0.2, 0.25) is 0 Å². The molecule has 312 valence electrons. The average Bonchev–Trinajstić information content (AvgIpc) is 3.52. The summed E-state index contributed by atoms with van der Waals surface area (Å²) < 4.78 is 61.8. The summed E-state index contributed by atoms with van der Waals surface area (Å²) >= 11 is -1.64. The molecular weight excluding hydrogens is 795 g/mol. The summed E-state index contributed by atoms with van der Waals surface area (Å²) in [6.07, 6.45) is 7.06. The lowest BCUT2D eigenvalue weighted by molar-refractivity contribution is -0.138. The van der Waals surface area contributed by atoms with Gasteiger partial charge in [0.2, 0.25) is 11.8 Å². The Morgan fingerprint density at radius 3 is 2.57 bits per heavy atom. The minimum absolute atomic E-state index is 0.0322. The minimum atomic E-state index is -1.64. The number of fused-ring (bicyclic) bond motifs is 2. The van der Waals surface area contributed by atoms with Gasteiger partial charge in [0.05, 0.1) is 22.1 Å². The largest absolute Gasteiger partial charge is 0.474 e. The molecule has 2 saturated heterocycles. The van der Waals surface area contributed by atoms with E-state index in [0.29, 0.717) is 46.1 Å². The fraction of sp³-hybridized carbons (Fsp3) is 0.429. The molecule has 0 radical (unpaired) electrons. The Hall–Kier alpha value is -5.77. The summed E-state index contributed by atoms with van der Waals surface area (Å²) in [4.78, 5) is 36.9. The van der Waals surface area contributed by atoms with Gasteiger partial charge in [-0.1, -0.05) is 6.92 Å². The SMILES string of the molecule is CCN(C)S(=O)Nc1ccc(F)c(Oc2ccc3ncnc(OC4CC5(C4)CN(C4CCC(c6cc7c(cc6F)c(N6CCC(=O)NC6=O)nn7C)CC4)C5)c3c2)c1C#N. The van der Waals surface area contributed by atoms with Gasteiger partial charge >= 0.3 is 6.03 Å². The van der Waals surface area contributed by atoms with Crippen LogP contribution in [0.3, 0.4) is 0 Å². The lowest BCUT2D eigenvalue weighted by Crippen LogP contribution is -2.67. The Morgan fingerprint density at radius 1 is 1.05 bits per heavy atom. The first kappa shape index (κ1) is 39.7. The molecule has 3 amide bonds. The van der Waals surface area contributed by atoms with Crippen molar-refractivity contribution in [2.45, 2.75) is 69.9 Å². The van der Waals surface area contributed by atoms with Crippen LogP contribution >= 0.6 is 0 Å². The van der Waals surface area contributed by atoms with E-state index in [1.807, 2.05) is 19.1 Å². The summed E-state index contributed by atoms with van der Waals surface area (Å²) in [6, 6.07) is 12.8. The predicted molar refractivity (Wildman–Crippen MR) is 220 cm³/mol. The van der Waals surface area contributed by atoms with Gasteiger partial charge in [0, 0.05) is 63.5 Å². The first-order valence-corrected chi connectivity index (χ1v) is 21.3. The Kier molecular flexibility index (Phi) is 10.4. The number of nitrogens with one attached hydrogen (secondary N) is 2. The summed E-state index contributed by atoms with van der Waals surface area (Å²) in [5.74, 6) is -0.571. The Bertz CT molecular complexity index is 2600. The van der Waals surface area contributed by atoms with Crippen LogP contribution in [0.5, 0.6) is 17.4 Å². The van der Waals surface area contributed by atoms with E-state index in [2.05, 4.69) is 30.0 Å². The standard InChI is InChI=1S/C42H44F2N10O5S/c1-4-51(2)60(57)50-35-12-10-32(43)38(31(35)20-45)58-26-9-11-34-29(15-26)40(47-23-46-34)59-27-18-42(19-27)21-53(22-42)25-7-5-24(6-8-25)28-17-36-30(16-33(28)44)39(49-52(36)3)54-14-13-37(55)48-41(54)56/h9-12,15-17,23-25,27,50H,4-8,13-14,18-19,21-22H2,1-3H3,(H,48,55,56). The van der Waals surface area contributed by atoms with Crippen LogP contribution in [-0.4, -0.2) is 90.5 Å². The fourth-order valence-corrected chi connectivity index (χ4v) is 9.96. The Morgan fingerprint density at radius 2 is 1.83 bits per heavy atom. The number of likely N-dealkylation sites (tertiary alicyclic amines) is 1. The maximum Gasteiger partial charge on any atom is 0.329 e. The van der Waals surface area contributed by atoms with Crippen molar-refractivity contribution in [1.82, 2.24) is 34.3 Å². The number of nitrogens with zero attached hydrogens (tertiary/aromatic N) is 8. The molecule has 18 heteroatoms. The number of carbonyl (C=O) groups is 2. The zero-order valence-corrected chi connectivity index (χ0v) is 34.2. The third kappa shape index (κ3) is 7.28. The van der Waals surface area contributed by atoms with E-state index in [1.54, 1.807) is 37.0 Å². The highest BCUT2D eigenvalue weighted by Crippen LogP contribution is 2.52. The number of aromatic nitrogens is 4. The van der Waals surface area contributed by atoms with Crippen LogP contribution in [0.15, 0.2) is 48.8 Å².